The van der Waals surface area contributed by atoms with Gasteiger partial charge in [0, 0.05) is 17.1 Å². The standard InChI is InChI=1S/C24H28N2O6/c1-5-11-7-6-10(2)15-13(11)8-12-9-14-18(26(3)4)20(28)17(23(25)31)22(30)24(14,32)21(29)16(12)19(15)27/h6-7,12,14,18,28-29,32H,5,8-9H2,1-4H3,(H2,25,31)/t12-,14-,18-,24-/m0/s1. The zero-order chi connectivity index (χ0) is 23.7. The van der Waals surface area contributed by atoms with Crippen LogP contribution in [0.5, 0.6) is 0 Å². The number of aliphatic hydroxyl groups is 3. The van der Waals surface area contributed by atoms with Gasteiger partial charge in [-0.1, -0.05) is 19.1 Å². The van der Waals surface area contributed by atoms with Crippen molar-refractivity contribution in [2.75, 3.05) is 14.1 Å². The van der Waals surface area contributed by atoms with Gasteiger partial charge in [-0.3, -0.25) is 19.3 Å². The van der Waals surface area contributed by atoms with E-state index >= 15 is 0 Å². The average Bonchev–Trinajstić information content (AvgIpc) is 2.70. The summed E-state index contributed by atoms with van der Waals surface area (Å²) >= 11 is 0. The third kappa shape index (κ3) is 2.72. The summed E-state index contributed by atoms with van der Waals surface area (Å²) in [4.78, 5) is 40.3. The number of aliphatic hydroxyl groups excluding tert-OH is 2. The van der Waals surface area contributed by atoms with E-state index in [1.54, 1.807) is 19.0 Å². The van der Waals surface area contributed by atoms with E-state index in [2.05, 4.69) is 0 Å². The van der Waals surface area contributed by atoms with Gasteiger partial charge in [-0.25, -0.2) is 0 Å². The van der Waals surface area contributed by atoms with Gasteiger partial charge in [-0.05, 0) is 62.9 Å². The van der Waals surface area contributed by atoms with Crippen molar-refractivity contribution in [3.8, 4) is 0 Å². The van der Waals surface area contributed by atoms with Crippen LogP contribution in [-0.4, -0.2) is 63.4 Å². The van der Waals surface area contributed by atoms with E-state index in [4.69, 9.17) is 5.73 Å². The second-order valence-electron chi connectivity index (χ2n) is 9.21. The van der Waals surface area contributed by atoms with E-state index < -0.39 is 58.0 Å². The molecule has 32 heavy (non-hydrogen) atoms. The number of amides is 1. The molecule has 4 rings (SSSR count). The Balaban J connectivity index is 1.98. The number of rotatable bonds is 3. The molecule has 1 aromatic rings. The van der Waals surface area contributed by atoms with Crippen molar-refractivity contribution in [3.05, 3.63) is 57.1 Å². The van der Waals surface area contributed by atoms with Crippen molar-refractivity contribution < 1.29 is 29.7 Å². The second-order valence-corrected chi connectivity index (χ2v) is 9.21. The van der Waals surface area contributed by atoms with E-state index in [9.17, 15) is 29.7 Å². The quantitative estimate of drug-likeness (QED) is 0.519. The summed E-state index contributed by atoms with van der Waals surface area (Å²) in [5.41, 5.74) is 5.28. The second kappa shape index (κ2) is 7.28. The molecule has 0 heterocycles. The number of allylic oxidation sites excluding steroid dienone is 1. The fraction of sp³-hybridized carbons (Fsp3) is 0.458. The number of hydrogen-bond donors (Lipinski definition) is 4. The van der Waals surface area contributed by atoms with Crippen molar-refractivity contribution in [1.29, 1.82) is 0 Å². The van der Waals surface area contributed by atoms with Crippen molar-refractivity contribution in [1.82, 2.24) is 4.90 Å². The summed E-state index contributed by atoms with van der Waals surface area (Å²) in [5.74, 6) is -5.45. The molecule has 170 valence electrons. The van der Waals surface area contributed by atoms with Crippen LogP contribution in [0.25, 0.3) is 0 Å². The van der Waals surface area contributed by atoms with Gasteiger partial charge in [0.15, 0.2) is 11.4 Å². The molecule has 5 N–H and O–H groups in total. The van der Waals surface area contributed by atoms with E-state index in [1.807, 2.05) is 26.0 Å². The molecule has 0 bridgehead atoms. The Bertz CT molecular complexity index is 1130. The lowest BCUT2D eigenvalue weighted by Crippen LogP contribution is -2.63. The highest BCUT2D eigenvalue weighted by atomic mass is 16.3. The first-order valence-electron chi connectivity index (χ1n) is 10.7. The number of carbonyl (C=O) groups excluding carboxylic acids is 3. The number of carbonyl (C=O) groups is 3. The van der Waals surface area contributed by atoms with Crippen LogP contribution in [0.4, 0.5) is 0 Å². The Kier molecular flexibility index (Phi) is 5.06. The maximum atomic E-state index is 13.6. The number of likely N-dealkylation sites (N-methyl/N-ethyl adjacent to an activating group) is 1. The minimum Gasteiger partial charge on any atom is -0.510 e. The van der Waals surface area contributed by atoms with Crippen LogP contribution in [0.15, 0.2) is 34.8 Å². The predicted molar refractivity (Wildman–Crippen MR) is 116 cm³/mol. The summed E-state index contributed by atoms with van der Waals surface area (Å²) in [6, 6.07) is 2.91. The Morgan fingerprint density at radius 3 is 2.47 bits per heavy atom. The van der Waals surface area contributed by atoms with E-state index in [-0.39, 0.29) is 12.0 Å². The van der Waals surface area contributed by atoms with Crippen molar-refractivity contribution in [2.45, 2.75) is 44.8 Å². The number of benzene rings is 1. The van der Waals surface area contributed by atoms with E-state index in [0.717, 1.165) is 23.1 Å². The van der Waals surface area contributed by atoms with Crippen molar-refractivity contribution in [2.24, 2.45) is 17.6 Å². The fourth-order valence-electron chi connectivity index (χ4n) is 5.84. The van der Waals surface area contributed by atoms with Crippen molar-refractivity contribution >= 4 is 17.5 Å². The smallest absolute Gasteiger partial charge is 0.255 e. The first-order chi connectivity index (χ1) is 15.0. The van der Waals surface area contributed by atoms with Gasteiger partial charge < -0.3 is 21.1 Å². The molecule has 0 spiro atoms. The highest BCUT2D eigenvalue weighted by Crippen LogP contribution is 2.51. The van der Waals surface area contributed by atoms with Crippen molar-refractivity contribution in [3.63, 3.8) is 0 Å². The maximum absolute atomic E-state index is 13.6. The van der Waals surface area contributed by atoms with Crippen LogP contribution in [-0.2, 0) is 22.4 Å². The Morgan fingerprint density at radius 2 is 1.91 bits per heavy atom. The summed E-state index contributed by atoms with van der Waals surface area (Å²) in [6.07, 6.45) is 1.38. The van der Waals surface area contributed by atoms with Gasteiger partial charge in [0.2, 0.25) is 5.78 Å². The van der Waals surface area contributed by atoms with Gasteiger partial charge in [0.1, 0.15) is 17.1 Å². The zero-order valence-electron chi connectivity index (χ0n) is 18.6. The van der Waals surface area contributed by atoms with Gasteiger partial charge >= 0.3 is 0 Å². The molecule has 0 aromatic heterocycles. The molecular weight excluding hydrogens is 412 g/mol. The number of aryl methyl sites for hydroxylation is 2. The van der Waals surface area contributed by atoms with Gasteiger partial charge in [0.05, 0.1) is 6.04 Å². The molecule has 0 aliphatic heterocycles. The number of Topliss-reactive ketones (excluding diaryl/α,β-unsaturated/α-hetero) is 2. The molecule has 3 aliphatic rings. The average molecular weight is 440 g/mol. The molecule has 1 aromatic carbocycles. The predicted octanol–water partition coefficient (Wildman–Crippen LogP) is 1.29. The molecule has 0 saturated carbocycles. The molecule has 0 radical (unpaired) electrons. The molecular formula is C24H28N2O6. The first-order valence-corrected chi connectivity index (χ1v) is 10.7. The van der Waals surface area contributed by atoms with Crippen LogP contribution in [0.3, 0.4) is 0 Å². The van der Waals surface area contributed by atoms with Gasteiger partial charge in [-0.2, -0.15) is 0 Å². The normalized spacial score (nSPS) is 29.8. The Hall–Kier alpha value is -2.97. The molecule has 3 aliphatic carbocycles. The highest BCUT2D eigenvalue weighted by Gasteiger charge is 2.63. The van der Waals surface area contributed by atoms with Gasteiger partial charge in [0.25, 0.3) is 5.91 Å². The first kappa shape index (κ1) is 22.2. The third-order valence-electron chi connectivity index (χ3n) is 7.31. The summed E-state index contributed by atoms with van der Waals surface area (Å²) in [5, 5.41) is 33.6. The molecule has 1 amide bonds. The lowest BCUT2D eigenvalue weighted by molar-refractivity contribution is -0.148. The van der Waals surface area contributed by atoms with Crippen LogP contribution in [0.2, 0.25) is 0 Å². The number of primary amides is 1. The van der Waals surface area contributed by atoms with Gasteiger partial charge in [-0.15, -0.1) is 0 Å². The topological polar surface area (TPSA) is 141 Å². The number of nitrogens with two attached hydrogens (primary N) is 1. The van der Waals surface area contributed by atoms with Crippen LogP contribution in [0.1, 0.15) is 40.4 Å². The molecule has 4 atom stereocenters. The third-order valence-corrected chi connectivity index (χ3v) is 7.31. The zero-order valence-corrected chi connectivity index (χ0v) is 18.6. The summed E-state index contributed by atoms with van der Waals surface area (Å²) in [7, 11) is 3.26. The monoisotopic (exact) mass is 440 g/mol. The SMILES string of the molecule is CCc1ccc(C)c2c1C[C@H]1C[C@H]3[C@H](N(C)C)C(O)=C(C(N)=O)C(=O)[C@@]3(O)C(O)=C1C2=O. The van der Waals surface area contributed by atoms with E-state index in [1.165, 1.54) is 0 Å². The lowest BCUT2D eigenvalue weighted by atomic mass is 9.58. The number of fused-ring (bicyclic) bond motifs is 3. The molecule has 8 nitrogen and oxygen atoms in total. The molecule has 0 saturated heterocycles. The Labute approximate surface area is 186 Å². The van der Waals surface area contributed by atoms with Crippen LogP contribution in [0, 0.1) is 18.8 Å². The lowest BCUT2D eigenvalue weighted by Gasteiger charge is -2.50. The molecule has 0 unspecified atom stereocenters. The number of ketones is 2. The molecule has 0 fully saturated rings. The fourth-order valence-corrected chi connectivity index (χ4v) is 5.84. The van der Waals surface area contributed by atoms with E-state index in [0.29, 0.717) is 12.0 Å². The Morgan fingerprint density at radius 1 is 1.25 bits per heavy atom. The van der Waals surface area contributed by atoms with Crippen LogP contribution < -0.4 is 5.73 Å². The summed E-state index contributed by atoms with van der Waals surface area (Å²) < 4.78 is 0. The highest BCUT2D eigenvalue weighted by molar-refractivity contribution is 6.24. The minimum absolute atomic E-state index is 0.00340. The minimum atomic E-state index is -2.53. The maximum Gasteiger partial charge on any atom is 0.255 e. The summed E-state index contributed by atoms with van der Waals surface area (Å²) in [6.45, 7) is 3.82. The number of hydrogen-bond acceptors (Lipinski definition) is 7. The number of nitrogens with zero attached hydrogens (tertiary/aromatic N) is 1. The largest absolute Gasteiger partial charge is 0.510 e. The molecule has 8 heteroatoms. The van der Waals surface area contributed by atoms with Crippen LogP contribution >= 0.6 is 0 Å².